The molecule has 0 bridgehead atoms. The Morgan fingerprint density at radius 3 is 2.69 bits per heavy atom. The minimum Gasteiger partial charge on any atom is -0.423 e. The summed E-state index contributed by atoms with van der Waals surface area (Å²) in [7, 11) is -5.73. The first kappa shape index (κ1) is 21.8. The number of hydrogen-bond donors (Lipinski definition) is 4. The van der Waals surface area contributed by atoms with Gasteiger partial charge < -0.3 is 15.4 Å². The number of nitrogens with one attached hydrogen (secondary N) is 1. The van der Waals surface area contributed by atoms with Crippen molar-refractivity contribution in [3.8, 4) is 5.95 Å². The van der Waals surface area contributed by atoms with E-state index in [1.54, 1.807) is 37.3 Å². The van der Waals surface area contributed by atoms with Crippen molar-refractivity contribution in [3.63, 3.8) is 0 Å². The molecule has 0 unspecified atom stereocenters. The maximum absolute atomic E-state index is 14.2. The van der Waals surface area contributed by atoms with Gasteiger partial charge in [-0.25, -0.2) is 27.9 Å². The average Bonchev–Trinajstić information content (AvgIpc) is 3.06. The molecule has 4 aromatic rings. The lowest BCUT2D eigenvalue weighted by Crippen LogP contribution is -2.30. The van der Waals surface area contributed by atoms with Gasteiger partial charge in [0.1, 0.15) is 12.1 Å². The van der Waals surface area contributed by atoms with Gasteiger partial charge in [0.25, 0.3) is 0 Å². The van der Waals surface area contributed by atoms with Gasteiger partial charge in [0.2, 0.25) is 21.9 Å². The molecule has 5 N–H and O–H groups in total. The monoisotopic (exact) mass is 456 g/mol. The van der Waals surface area contributed by atoms with Crippen molar-refractivity contribution in [3.05, 3.63) is 65.9 Å². The summed E-state index contributed by atoms with van der Waals surface area (Å²) < 4.78 is 39.5. The summed E-state index contributed by atoms with van der Waals surface area (Å²) in [5.41, 5.74) is 1.92. The minimum atomic E-state index is -4.15. The summed E-state index contributed by atoms with van der Waals surface area (Å²) >= 11 is 0. The van der Waals surface area contributed by atoms with Crippen molar-refractivity contribution < 1.29 is 22.9 Å². The number of aryl methyl sites for hydroxylation is 1. The second kappa shape index (κ2) is 8.28. The number of benzene rings is 2. The number of halogens is 1. The molecule has 0 radical (unpaired) electrons. The van der Waals surface area contributed by atoms with E-state index in [1.165, 1.54) is 17.0 Å². The molecule has 0 saturated carbocycles. The standard InChI is InChI=1S/C19H18BFN6O4S/c1-11-5-15-16(7-14(21)8-17(15)32(22,30)31)27(11)19-25-10-24-18(26-19)23-9-12-3-2-4-13(6-12)20(28)29/h2-8,10,28-29H,9H2,1H3,(H2,22,30,31)(H,23,24,25,26). The van der Waals surface area contributed by atoms with E-state index in [4.69, 9.17) is 5.14 Å². The predicted molar refractivity (Wildman–Crippen MR) is 116 cm³/mol. The number of aromatic nitrogens is 4. The first-order chi connectivity index (χ1) is 15.1. The number of fused-ring (bicyclic) bond motifs is 1. The van der Waals surface area contributed by atoms with E-state index in [0.29, 0.717) is 17.7 Å². The van der Waals surface area contributed by atoms with Crippen LogP contribution in [0.4, 0.5) is 10.3 Å². The van der Waals surface area contributed by atoms with E-state index in [9.17, 15) is 22.9 Å². The summed E-state index contributed by atoms with van der Waals surface area (Å²) in [6, 6.07) is 10.3. The van der Waals surface area contributed by atoms with Gasteiger partial charge in [-0.2, -0.15) is 4.98 Å². The van der Waals surface area contributed by atoms with Crippen LogP contribution in [-0.2, 0) is 16.6 Å². The van der Waals surface area contributed by atoms with Crippen LogP contribution in [0.15, 0.2) is 53.7 Å². The Bertz CT molecular complexity index is 1430. The number of sulfonamides is 1. The molecule has 32 heavy (non-hydrogen) atoms. The second-order valence-electron chi connectivity index (χ2n) is 7.08. The number of nitrogens with zero attached hydrogens (tertiary/aromatic N) is 4. The predicted octanol–water partition coefficient (Wildman–Crippen LogP) is 0.202. The highest BCUT2D eigenvalue weighted by Crippen LogP contribution is 2.29. The lowest BCUT2D eigenvalue weighted by molar-refractivity contribution is 0.425. The van der Waals surface area contributed by atoms with E-state index >= 15 is 0 Å². The molecule has 0 aliphatic heterocycles. The second-order valence-corrected chi connectivity index (χ2v) is 8.61. The number of nitrogens with two attached hydrogens (primary N) is 1. The van der Waals surface area contributed by atoms with Crippen molar-refractivity contribution in [2.45, 2.75) is 18.4 Å². The van der Waals surface area contributed by atoms with E-state index in [-0.39, 0.29) is 27.7 Å². The Balaban J connectivity index is 1.70. The molecule has 0 atom stereocenters. The Morgan fingerprint density at radius 2 is 1.97 bits per heavy atom. The quantitative estimate of drug-likeness (QED) is 0.300. The Labute approximate surface area is 182 Å². The van der Waals surface area contributed by atoms with Crippen LogP contribution in [0.1, 0.15) is 11.3 Å². The fourth-order valence-electron chi connectivity index (χ4n) is 3.40. The van der Waals surface area contributed by atoms with Crippen LogP contribution in [0.25, 0.3) is 16.9 Å². The molecular formula is C19H18BFN6O4S. The summed E-state index contributed by atoms with van der Waals surface area (Å²) in [6.45, 7) is 1.99. The van der Waals surface area contributed by atoms with Crippen molar-refractivity contribution in [1.29, 1.82) is 0 Å². The highest BCUT2D eigenvalue weighted by Gasteiger charge is 2.20. The van der Waals surface area contributed by atoms with Crippen LogP contribution in [0.3, 0.4) is 0 Å². The van der Waals surface area contributed by atoms with Crippen LogP contribution in [0.5, 0.6) is 0 Å². The lowest BCUT2D eigenvalue weighted by Gasteiger charge is -2.10. The third kappa shape index (κ3) is 4.32. The zero-order chi connectivity index (χ0) is 23.0. The Hall–Kier alpha value is -3.39. The summed E-state index contributed by atoms with van der Waals surface area (Å²) in [4.78, 5) is 12.2. The largest absolute Gasteiger partial charge is 0.488 e. The molecule has 13 heteroatoms. The smallest absolute Gasteiger partial charge is 0.423 e. The molecule has 164 valence electrons. The lowest BCUT2D eigenvalue weighted by atomic mass is 9.80. The van der Waals surface area contributed by atoms with Crippen molar-refractivity contribution >= 4 is 39.5 Å². The minimum absolute atomic E-state index is 0.153. The van der Waals surface area contributed by atoms with Crippen LogP contribution in [-0.4, -0.2) is 45.1 Å². The number of hydrogen-bond acceptors (Lipinski definition) is 8. The van der Waals surface area contributed by atoms with E-state index in [0.717, 1.165) is 11.6 Å². The molecule has 0 aliphatic rings. The van der Waals surface area contributed by atoms with E-state index in [1.807, 2.05) is 0 Å². The van der Waals surface area contributed by atoms with Gasteiger partial charge in [0, 0.05) is 17.6 Å². The fourth-order valence-corrected chi connectivity index (χ4v) is 4.15. The third-order valence-electron chi connectivity index (χ3n) is 4.80. The molecule has 0 spiro atoms. The molecule has 0 aliphatic carbocycles. The fraction of sp³-hybridized carbons (Fsp3) is 0.105. The molecule has 2 aromatic heterocycles. The first-order valence-corrected chi connectivity index (χ1v) is 10.9. The normalized spacial score (nSPS) is 11.7. The molecule has 2 aromatic carbocycles. The highest BCUT2D eigenvalue weighted by molar-refractivity contribution is 7.89. The zero-order valence-corrected chi connectivity index (χ0v) is 17.6. The van der Waals surface area contributed by atoms with Gasteiger partial charge in [-0.3, -0.25) is 4.57 Å². The zero-order valence-electron chi connectivity index (χ0n) is 16.8. The topological polar surface area (TPSA) is 156 Å². The number of primary sulfonamides is 1. The van der Waals surface area contributed by atoms with Crippen LogP contribution in [0.2, 0.25) is 0 Å². The maximum Gasteiger partial charge on any atom is 0.488 e. The Morgan fingerprint density at radius 1 is 1.19 bits per heavy atom. The van der Waals surface area contributed by atoms with Gasteiger partial charge in [0.15, 0.2) is 0 Å². The van der Waals surface area contributed by atoms with Gasteiger partial charge >= 0.3 is 7.12 Å². The number of anilines is 1. The Kier molecular flexibility index (Phi) is 5.65. The molecule has 0 amide bonds. The molecule has 4 rings (SSSR count). The maximum atomic E-state index is 14.2. The van der Waals surface area contributed by atoms with Crippen LogP contribution >= 0.6 is 0 Å². The molecular weight excluding hydrogens is 438 g/mol. The van der Waals surface area contributed by atoms with E-state index < -0.39 is 23.0 Å². The van der Waals surface area contributed by atoms with Crippen molar-refractivity contribution in [2.75, 3.05) is 5.32 Å². The number of rotatable bonds is 6. The van der Waals surface area contributed by atoms with Crippen molar-refractivity contribution in [2.24, 2.45) is 5.14 Å². The molecule has 0 saturated heterocycles. The van der Waals surface area contributed by atoms with Crippen LogP contribution < -0.4 is 15.9 Å². The van der Waals surface area contributed by atoms with Crippen LogP contribution in [0, 0.1) is 12.7 Å². The molecule has 0 fully saturated rings. The van der Waals surface area contributed by atoms with E-state index in [2.05, 4.69) is 20.3 Å². The third-order valence-corrected chi connectivity index (χ3v) is 5.75. The summed E-state index contributed by atoms with van der Waals surface area (Å²) in [5.74, 6) is -0.394. The van der Waals surface area contributed by atoms with Gasteiger partial charge in [-0.15, -0.1) is 0 Å². The molecule has 10 nitrogen and oxygen atoms in total. The van der Waals surface area contributed by atoms with Gasteiger partial charge in [-0.05, 0) is 36.1 Å². The highest BCUT2D eigenvalue weighted by atomic mass is 32.2. The van der Waals surface area contributed by atoms with Crippen molar-refractivity contribution in [1.82, 2.24) is 19.5 Å². The molecule has 2 heterocycles. The van der Waals surface area contributed by atoms with Gasteiger partial charge in [0.05, 0.1) is 10.4 Å². The summed E-state index contributed by atoms with van der Waals surface area (Å²) in [5, 5.41) is 27.1. The first-order valence-electron chi connectivity index (χ1n) is 9.36. The SMILES string of the molecule is Cc1cc2c(S(N)(=O)=O)cc(F)cc2n1-c1ncnc(NCc2cccc(B(O)O)c2)n1. The summed E-state index contributed by atoms with van der Waals surface area (Å²) in [6.07, 6.45) is 1.27. The van der Waals surface area contributed by atoms with Gasteiger partial charge in [-0.1, -0.05) is 24.3 Å². The average molecular weight is 456 g/mol.